The molecule has 26 heavy (non-hydrogen) atoms. The number of imidazole rings is 1. The summed E-state index contributed by atoms with van der Waals surface area (Å²) in [7, 11) is -3.20. The number of nitrogens with zero attached hydrogens (tertiary/aromatic N) is 4. The third-order valence-electron chi connectivity index (χ3n) is 3.90. The Morgan fingerprint density at radius 2 is 1.92 bits per heavy atom. The van der Waals surface area contributed by atoms with E-state index in [-0.39, 0.29) is 0 Å². The van der Waals surface area contributed by atoms with E-state index in [0.717, 1.165) is 24.2 Å². The van der Waals surface area contributed by atoms with Crippen molar-refractivity contribution in [2.75, 3.05) is 17.7 Å². The van der Waals surface area contributed by atoms with Crippen molar-refractivity contribution < 1.29 is 8.42 Å². The highest BCUT2D eigenvalue weighted by molar-refractivity contribution is 7.99. The van der Waals surface area contributed by atoms with E-state index in [4.69, 9.17) is 5.73 Å². The van der Waals surface area contributed by atoms with Crippen LogP contribution in [0.4, 0.5) is 5.82 Å². The first-order valence-corrected chi connectivity index (χ1v) is 11.2. The van der Waals surface area contributed by atoms with Gasteiger partial charge in [-0.05, 0) is 24.1 Å². The molecule has 0 amide bonds. The molecule has 3 rings (SSSR count). The van der Waals surface area contributed by atoms with E-state index in [1.807, 2.05) is 4.57 Å². The average Bonchev–Trinajstić information content (AvgIpc) is 2.98. The number of anilines is 1. The Labute approximate surface area is 157 Å². The number of rotatable bonds is 7. The van der Waals surface area contributed by atoms with E-state index >= 15 is 0 Å². The van der Waals surface area contributed by atoms with Crippen LogP contribution < -0.4 is 5.73 Å². The summed E-state index contributed by atoms with van der Waals surface area (Å²) in [6.07, 6.45) is 5.09. The first-order valence-electron chi connectivity index (χ1n) is 8.28. The molecule has 7 nitrogen and oxygen atoms in total. The van der Waals surface area contributed by atoms with E-state index in [9.17, 15) is 8.42 Å². The highest BCUT2D eigenvalue weighted by atomic mass is 32.2. The molecular formula is C17H21N5O2S2. The van der Waals surface area contributed by atoms with Crippen LogP contribution >= 0.6 is 11.8 Å². The van der Waals surface area contributed by atoms with Crippen LogP contribution in [-0.4, -0.2) is 39.9 Å². The molecule has 0 atom stereocenters. The predicted molar refractivity (Wildman–Crippen MR) is 104 cm³/mol. The van der Waals surface area contributed by atoms with Crippen LogP contribution in [0.15, 0.2) is 40.6 Å². The van der Waals surface area contributed by atoms with Crippen LogP contribution in [-0.2, 0) is 16.4 Å². The number of nitrogens with two attached hydrogens (primary N) is 1. The quantitative estimate of drug-likeness (QED) is 0.375. The van der Waals surface area contributed by atoms with Gasteiger partial charge in [0.1, 0.15) is 5.52 Å². The van der Waals surface area contributed by atoms with Crippen molar-refractivity contribution in [2.24, 2.45) is 0 Å². The third kappa shape index (κ3) is 4.16. The molecule has 0 aliphatic carbocycles. The molecule has 2 aromatic heterocycles. The van der Waals surface area contributed by atoms with Gasteiger partial charge in [-0.15, -0.1) is 0 Å². The van der Waals surface area contributed by atoms with Gasteiger partial charge in [-0.1, -0.05) is 37.2 Å². The SMILES string of the molecule is CCCCSc1nc(N)c2ncn(Cc3ccc(S(C)(=O)=O)cc3)c2n1. The van der Waals surface area contributed by atoms with Gasteiger partial charge in [-0.3, -0.25) is 0 Å². The summed E-state index contributed by atoms with van der Waals surface area (Å²) in [5, 5.41) is 0.651. The molecule has 0 fully saturated rings. The van der Waals surface area contributed by atoms with Crippen LogP contribution in [0.1, 0.15) is 25.3 Å². The molecule has 2 heterocycles. The fraction of sp³-hybridized carbons (Fsp3) is 0.353. The van der Waals surface area contributed by atoms with Gasteiger partial charge in [0.2, 0.25) is 0 Å². The molecule has 0 saturated carbocycles. The summed E-state index contributed by atoms with van der Waals surface area (Å²) in [5.41, 5.74) is 8.25. The Bertz CT molecular complexity index is 1010. The number of hydrogen-bond donors (Lipinski definition) is 1. The molecule has 1 aromatic carbocycles. The highest BCUT2D eigenvalue weighted by Crippen LogP contribution is 2.23. The second-order valence-corrected chi connectivity index (χ2v) is 9.13. The van der Waals surface area contributed by atoms with Crippen molar-refractivity contribution in [1.82, 2.24) is 19.5 Å². The lowest BCUT2D eigenvalue weighted by atomic mass is 10.2. The number of thioether (sulfide) groups is 1. The summed E-state index contributed by atoms with van der Waals surface area (Å²) in [6.45, 7) is 2.67. The fourth-order valence-electron chi connectivity index (χ4n) is 2.47. The lowest BCUT2D eigenvalue weighted by molar-refractivity contribution is 0.602. The van der Waals surface area contributed by atoms with Crippen molar-refractivity contribution in [2.45, 2.75) is 36.4 Å². The van der Waals surface area contributed by atoms with Crippen molar-refractivity contribution in [3.8, 4) is 0 Å². The lowest BCUT2D eigenvalue weighted by Crippen LogP contribution is -2.03. The normalized spacial score (nSPS) is 11.9. The number of aromatic nitrogens is 4. The molecule has 0 aliphatic rings. The van der Waals surface area contributed by atoms with Crippen molar-refractivity contribution in [3.63, 3.8) is 0 Å². The maximum Gasteiger partial charge on any atom is 0.191 e. The monoisotopic (exact) mass is 391 g/mol. The van der Waals surface area contributed by atoms with Gasteiger partial charge in [0.15, 0.2) is 26.5 Å². The zero-order valence-corrected chi connectivity index (χ0v) is 16.3. The van der Waals surface area contributed by atoms with E-state index < -0.39 is 9.84 Å². The van der Waals surface area contributed by atoms with E-state index in [2.05, 4.69) is 21.9 Å². The van der Waals surface area contributed by atoms with Crippen molar-refractivity contribution in [1.29, 1.82) is 0 Å². The average molecular weight is 392 g/mol. The predicted octanol–water partition coefficient (Wildman–Crippen LogP) is 2.75. The molecule has 138 valence electrons. The number of unbranched alkanes of at least 4 members (excludes halogenated alkanes) is 1. The smallest absolute Gasteiger partial charge is 0.191 e. The third-order valence-corrected chi connectivity index (χ3v) is 5.97. The topological polar surface area (TPSA) is 104 Å². The maximum atomic E-state index is 11.6. The van der Waals surface area contributed by atoms with E-state index in [1.54, 1.807) is 42.4 Å². The van der Waals surface area contributed by atoms with Gasteiger partial charge < -0.3 is 10.3 Å². The Balaban J connectivity index is 1.88. The molecule has 3 aromatic rings. The van der Waals surface area contributed by atoms with Gasteiger partial charge in [-0.2, -0.15) is 0 Å². The molecule has 0 unspecified atom stereocenters. The largest absolute Gasteiger partial charge is 0.382 e. The summed E-state index contributed by atoms with van der Waals surface area (Å²) in [6, 6.07) is 6.81. The Hall–Kier alpha value is -2.13. The molecule has 0 aliphatic heterocycles. The fourth-order valence-corrected chi connectivity index (χ4v) is 4.03. The molecule has 0 bridgehead atoms. The van der Waals surface area contributed by atoms with Crippen LogP contribution in [0.2, 0.25) is 0 Å². The number of benzene rings is 1. The molecule has 0 spiro atoms. The summed E-state index contributed by atoms with van der Waals surface area (Å²) in [4.78, 5) is 13.5. The Kier molecular flexibility index (Phi) is 5.47. The minimum atomic E-state index is -3.20. The van der Waals surface area contributed by atoms with Gasteiger partial charge in [0.25, 0.3) is 0 Å². The Morgan fingerprint density at radius 3 is 2.58 bits per heavy atom. The number of sulfone groups is 1. The van der Waals surface area contributed by atoms with Crippen LogP contribution in [0.5, 0.6) is 0 Å². The second-order valence-electron chi connectivity index (χ2n) is 6.05. The number of nitrogen functional groups attached to an aromatic ring is 1. The number of fused-ring (bicyclic) bond motifs is 1. The van der Waals surface area contributed by atoms with Gasteiger partial charge >= 0.3 is 0 Å². The van der Waals surface area contributed by atoms with Crippen LogP contribution in [0, 0.1) is 0 Å². The zero-order chi connectivity index (χ0) is 18.7. The van der Waals surface area contributed by atoms with Crippen LogP contribution in [0.25, 0.3) is 11.2 Å². The molecule has 0 radical (unpaired) electrons. The lowest BCUT2D eigenvalue weighted by Gasteiger charge is -2.07. The van der Waals surface area contributed by atoms with E-state index in [0.29, 0.717) is 33.6 Å². The van der Waals surface area contributed by atoms with Gasteiger partial charge in [-0.25, -0.2) is 23.4 Å². The maximum absolute atomic E-state index is 11.6. The molecular weight excluding hydrogens is 370 g/mol. The number of hydrogen-bond acceptors (Lipinski definition) is 7. The second kappa shape index (κ2) is 7.63. The molecule has 2 N–H and O–H groups in total. The van der Waals surface area contributed by atoms with E-state index in [1.165, 1.54) is 6.26 Å². The summed E-state index contributed by atoms with van der Waals surface area (Å²) < 4.78 is 25.0. The van der Waals surface area contributed by atoms with Gasteiger partial charge in [0, 0.05) is 12.0 Å². The van der Waals surface area contributed by atoms with Crippen molar-refractivity contribution in [3.05, 3.63) is 36.2 Å². The summed E-state index contributed by atoms with van der Waals surface area (Å²) in [5.74, 6) is 1.32. The van der Waals surface area contributed by atoms with Crippen molar-refractivity contribution >= 4 is 38.6 Å². The molecule has 9 heteroatoms. The van der Waals surface area contributed by atoms with Crippen LogP contribution in [0.3, 0.4) is 0 Å². The highest BCUT2D eigenvalue weighted by Gasteiger charge is 2.12. The minimum Gasteiger partial charge on any atom is -0.382 e. The first-order chi connectivity index (χ1) is 12.4. The Morgan fingerprint density at radius 1 is 1.19 bits per heavy atom. The zero-order valence-electron chi connectivity index (χ0n) is 14.7. The van der Waals surface area contributed by atoms with Gasteiger partial charge in [0.05, 0.1) is 17.8 Å². The first kappa shape index (κ1) is 18.7. The summed E-state index contributed by atoms with van der Waals surface area (Å²) >= 11 is 1.59. The minimum absolute atomic E-state index is 0.304. The molecule has 0 saturated heterocycles. The standard InChI is InChI=1S/C17H21N5O2S2/c1-3-4-9-25-17-20-15(18)14-16(21-17)22(11-19-14)10-12-5-7-13(8-6-12)26(2,23)24/h5-8,11H,3-4,9-10H2,1-2H3,(H2,18,20,21).